The second-order valence-electron chi connectivity index (χ2n) is 5.07. The molecule has 4 aromatic rings. The molecule has 0 saturated carbocycles. The molecular weight excluding hydrogens is 292 g/mol. The highest BCUT2D eigenvalue weighted by Crippen LogP contribution is 2.26. The minimum absolute atomic E-state index is 0.153. The van der Waals surface area contributed by atoms with E-state index in [4.69, 9.17) is 11.0 Å². The third kappa shape index (κ3) is 2.20. The maximum Gasteiger partial charge on any atom is 0.224 e. The summed E-state index contributed by atoms with van der Waals surface area (Å²) in [6.45, 7) is 0. The van der Waals surface area contributed by atoms with Crippen LogP contribution in [0.2, 0.25) is 0 Å². The summed E-state index contributed by atoms with van der Waals surface area (Å²) in [5.41, 5.74) is 9.69. The number of aromatic nitrogens is 5. The summed E-state index contributed by atoms with van der Waals surface area (Å²) in [6.07, 6.45) is 3.76. The average Bonchev–Trinajstić information content (AvgIpc) is 3.15. The Morgan fingerprint density at radius 2 is 2.17 bits per heavy atom. The van der Waals surface area contributed by atoms with Gasteiger partial charge in [0.1, 0.15) is 5.52 Å². The second-order valence-corrected chi connectivity index (χ2v) is 5.07. The first-order valence-corrected chi connectivity index (χ1v) is 6.95. The normalized spacial score (nSPS) is 10.9. The standard InChI is InChI=1S/C15H12N8/c16-4-3-8-6-18-11-2-1-9(5-10(8)11)21-14-12-13(20-7-19-12)22-15(17)23-14/h1-2,5-7,18H,3H2,(H4,17,19,20,21,22,23). The largest absolute Gasteiger partial charge is 0.368 e. The van der Waals surface area contributed by atoms with Crippen LogP contribution in [0.4, 0.5) is 17.5 Å². The first-order chi connectivity index (χ1) is 11.2. The molecule has 112 valence electrons. The third-order valence-corrected chi connectivity index (χ3v) is 3.60. The number of nitrogens with two attached hydrogens (primary N) is 1. The van der Waals surface area contributed by atoms with Crippen LogP contribution >= 0.6 is 0 Å². The molecule has 0 aliphatic heterocycles. The second kappa shape index (κ2) is 4.99. The van der Waals surface area contributed by atoms with Gasteiger partial charge in [0.2, 0.25) is 5.95 Å². The van der Waals surface area contributed by atoms with E-state index in [9.17, 15) is 0 Å². The zero-order valence-electron chi connectivity index (χ0n) is 12.0. The van der Waals surface area contributed by atoms with Crippen LogP contribution in [0, 0.1) is 11.3 Å². The number of nitrogens with one attached hydrogen (secondary N) is 3. The van der Waals surface area contributed by atoms with Gasteiger partial charge < -0.3 is 21.0 Å². The fraction of sp³-hybridized carbons (Fsp3) is 0.0667. The van der Waals surface area contributed by atoms with Crippen molar-refractivity contribution in [2.24, 2.45) is 0 Å². The fourth-order valence-electron chi connectivity index (χ4n) is 2.56. The Labute approximate surface area is 130 Å². The predicted molar refractivity (Wildman–Crippen MR) is 87.0 cm³/mol. The molecule has 0 amide bonds. The molecule has 8 heteroatoms. The number of H-pyrrole nitrogens is 2. The Morgan fingerprint density at radius 1 is 1.26 bits per heavy atom. The maximum atomic E-state index is 8.91. The molecule has 0 spiro atoms. The number of fused-ring (bicyclic) bond motifs is 2. The van der Waals surface area contributed by atoms with Crippen LogP contribution in [0.3, 0.4) is 0 Å². The van der Waals surface area contributed by atoms with E-state index in [1.165, 1.54) is 0 Å². The number of hydrogen-bond acceptors (Lipinski definition) is 6. The fourth-order valence-corrected chi connectivity index (χ4v) is 2.56. The number of rotatable bonds is 3. The molecule has 0 saturated heterocycles. The highest BCUT2D eigenvalue weighted by molar-refractivity contribution is 5.90. The van der Waals surface area contributed by atoms with Crippen molar-refractivity contribution in [3.8, 4) is 6.07 Å². The van der Waals surface area contributed by atoms with E-state index in [1.807, 2.05) is 24.4 Å². The monoisotopic (exact) mass is 304 g/mol. The first-order valence-electron chi connectivity index (χ1n) is 6.95. The molecule has 0 unspecified atom stereocenters. The Kier molecular flexibility index (Phi) is 2.84. The van der Waals surface area contributed by atoms with Crippen molar-refractivity contribution in [2.75, 3.05) is 11.1 Å². The summed E-state index contributed by atoms with van der Waals surface area (Å²) in [4.78, 5) is 18.5. The van der Waals surface area contributed by atoms with Gasteiger partial charge in [0.25, 0.3) is 0 Å². The van der Waals surface area contributed by atoms with E-state index in [1.54, 1.807) is 6.33 Å². The van der Waals surface area contributed by atoms with E-state index in [0.29, 0.717) is 23.4 Å². The number of benzene rings is 1. The van der Waals surface area contributed by atoms with Gasteiger partial charge in [-0.25, -0.2) is 4.98 Å². The van der Waals surface area contributed by atoms with Crippen LogP contribution < -0.4 is 11.1 Å². The summed E-state index contributed by atoms with van der Waals surface area (Å²) in [5.74, 6) is 0.710. The van der Waals surface area contributed by atoms with Crippen LogP contribution in [0.25, 0.3) is 22.1 Å². The highest BCUT2D eigenvalue weighted by atomic mass is 15.1. The van der Waals surface area contributed by atoms with Gasteiger partial charge in [-0.15, -0.1) is 0 Å². The lowest BCUT2D eigenvalue weighted by molar-refractivity contribution is 1.21. The Morgan fingerprint density at radius 3 is 3.04 bits per heavy atom. The van der Waals surface area contributed by atoms with Crippen molar-refractivity contribution in [3.63, 3.8) is 0 Å². The van der Waals surface area contributed by atoms with E-state index in [-0.39, 0.29) is 5.95 Å². The Hall–Kier alpha value is -3.60. The molecule has 0 aliphatic carbocycles. The maximum absolute atomic E-state index is 8.91. The molecule has 0 bridgehead atoms. The van der Waals surface area contributed by atoms with Gasteiger partial charge in [0.05, 0.1) is 18.8 Å². The molecule has 3 heterocycles. The third-order valence-electron chi connectivity index (χ3n) is 3.60. The molecule has 3 aromatic heterocycles. The van der Waals surface area contributed by atoms with Gasteiger partial charge in [-0.3, -0.25) is 0 Å². The molecule has 0 fully saturated rings. The van der Waals surface area contributed by atoms with Crippen LogP contribution in [0.5, 0.6) is 0 Å². The van der Waals surface area contributed by atoms with Crippen molar-refractivity contribution in [2.45, 2.75) is 6.42 Å². The lowest BCUT2D eigenvalue weighted by Crippen LogP contribution is -2.01. The summed E-state index contributed by atoms with van der Waals surface area (Å²) >= 11 is 0. The van der Waals surface area contributed by atoms with Gasteiger partial charge >= 0.3 is 0 Å². The van der Waals surface area contributed by atoms with Crippen molar-refractivity contribution >= 4 is 39.5 Å². The number of imidazole rings is 1. The number of nitrogen functional groups attached to an aromatic ring is 1. The van der Waals surface area contributed by atoms with Crippen molar-refractivity contribution < 1.29 is 0 Å². The van der Waals surface area contributed by atoms with E-state index in [2.05, 4.69) is 36.3 Å². The zero-order chi connectivity index (χ0) is 15.8. The van der Waals surface area contributed by atoms with Crippen LogP contribution in [-0.4, -0.2) is 24.9 Å². The average molecular weight is 304 g/mol. The molecule has 23 heavy (non-hydrogen) atoms. The highest BCUT2D eigenvalue weighted by Gasteiger charge is 2.10. The van der Waals surface area contributed by atoms with Crippen molar-refractivity contribution in [1.29, 1.82) is 5.26 Å². The zero-order valence-corrected chi connectivity index (χ0v) is 12.0. The lowest BCUT2D eigenvalue weighted by Gasteiger charge is -2.07. The topological polar surface area (TPSA) is 132 Å². The number of hydrogen-bond donors (Lipinski definition) is 4. The molecule has 0 aliphatic rings. The van der Waals surface area contributed by atoms with Crippen LogP contribution in [0.1, 0.15) is 5.56 Å². The van der Waals surface area contributed by atoms with Crippen LogP contribution in [-0.2, 0) is 6.42 Å². The number of aromatic amines is 2. The first kappa shape index (κ1) is 13.1. The van der Waals surface area contributed by atoms with Gasteiger partial charge in [-0.05, 0) is 23.8 Å². The summed E-state index contributed by atoms with van der Waals surface area (Å²) < 4.78 is 0. The Bertz CT molecular complexity index is 1050. The van der Waals surface area contributed by atoms with Crippen LogP contribution in [0.15, 0.2) is 30.7 Å². The molecule has 0 atom stereocenters. The van der Waals surface area contributed by atoms with Gasteiger partial charge in [0.15, 0.2) is 11.5 Å². The molecular formula is C15H12N8. The molecule has 5 N–H and O–H groups in total. The molecule has 4 rings (SSSR count). The van der Waals surface area contributed by atoms with Gasteiger partial charge in [-0.1, -0.05) is 0 Å². The quantitative estimate of drug-likeness (QED) is 0.459. The predicted octanol–water partition coefficient (Wildman–Crippen LogP) is 2.23. The lowest BCUT2D eigenvalue weighted by atomic mass is 10.1. The smallest absolute Gasteiger partial charge is 0.224 e. The van der Waals surface area contributed by atoms with E-state index >= 15 is 0 Å². The Balaban J connectivity index is 1.78. The molecule has 8 nitrogen and oxygen atoms in total. The number of nitrogens with zero attached hydrogens (tertiary/aromatic N) is 4. The number of nitriles is 1. The minimum atomic E-state index is 0.153. The summed E-state index contributed by atoms with van der Waals surface area (Å²) in [5, 5.41) is 13.1. The van der Waals surface area contributed by atoms with Gasteiger partial charge in [-0.2, -0.15) is 15.2 Å². The van der Waals surface area contributed by atoms with Crippen molar-refractivity contribution in [3.05, 3.63) is 36.3 Å². The molecule has 0 radical (unpaired) electrons. The van der Waals surface area contributed by atoms with E-state index < -0.39 is 0 Å². The summed E-state index contributed by atoms with van der Waals surface area (Å²) in [6, 6.07) is 8.02. The minimum Gasteiger partial charge on any atom is -0.368 e. The van der Waals surface area contributed by atoms with Crippen molar-refractivity contribution in [1.82, 2.24) is 24.9 Å². The molecule has 1 aromatic carbocycles. The number of anilines is 3. The summed E-state index contributed by atoms with van der Waals surface area (Å²) in [7, 11) is 0. The SMILES string of the molecule is N#CCc1c[nH]c2ccc(Nc3nc(N)nc4nc[nH]c34)cc12. The van der Waals surface area contributed by atoms with E-state index in [0.717, 1.165) is 22.2 Å². The van der Waals surface area contributed by atoms with Gasteiger partial charge in [0, 0.05) is 22.8 Å².